The van der Waals surface area contributed by atoms with Crippen molar-refractivity contribution in [1.82, 2.24) is 0 Å². The highest BCUT2D eigenvalue weighted by Crippen LogP contribution is 2.42. The van der Waals surface area contributed by atoms with Crippen LogP contribution in [0.2, 0.25) is 0 Å². The lowest BCUT2D eigenvalue weighted by Crippen LogP contribution is -2.39. The molecule has 1 heterocycles. The predicted molar refractivity (Wildman–Crippen MR) is 72.2 cm³/mol. The summed E-state index contributed by atoms with van der Waals surface area (Å²) in [5.74, 6) is -9.31. The first-order chi connectivity index (χ1) is 10.8. The van der Waals surface area contributed by atoms with Crippen LogP contribution in [0.25, 0.3) is 0 Å². The molecule has 0 saturated carbocycles. The van der Waals surface area contributed by atoms with Crippen molar-refractivity contribution in [2.24, 2.45) is 0 Å². The maximum atomic E-state index is 14.0. The van der Waals surface area contributed by atoms with Gasteiger partial charge in [0.15, 0.2) is 17.5 Å². The summed E-state index contributed by atoms with van der Waals surface area (Å²) in [7, 11) is 0. The average Bonchev–Trinajstić information content (AvgIpc) is 2.88. The van der Waals surface area contributed by atoms with Gasteiger partial charge in [-0.2, -0.15) is 0 Å². The molecule has 0 atom stereocenters. The summed E-state index contributed by atoms with van der Waals surface area (Å²) in [5.41, 5.74) is -1.80. The van der Waals surface area contributed by atoms with E-state index in [0.717, 1.165) is 11.0 Å². The van der Waals surface area contributed by atoms with Crippen molar-refractivity contribution in [1.29, 1.82) is 0 Å². The molecule has 5 nitrogen and oxygen atoms in total. The Kier molecular flexibility index (Phi) is 4.90. The average molecular weight is 364 g/mol. The van der Waals surface area contributed by atoms with Crippen LogP contribution in [-0.2, 0) is 9.59 Å². The Morgan fingerprint density at radius 3 is 2.26 bits per heavy atom. The fraction of sp³-hybridized carbons (Fsp3) is 0.0769. The Balaban J connectivity index is 2.71. The minimum absolute atomic E-state index is 0.0663. The normalized spacial score (nSPS) is 14.0. The van der Waals surface area contributed by atoms with Gasteiger partial charge >= 0.3 is 0 Å². The van der Waals surface area contributed by atoms with Crippen LogP contribution in [0.5, 0.6) is 0 Å². The van der Waals surface area contributed by atoms with Gasteiger partial charge in [-0.15, -0.1) is 11.6 Å². The van der Waals surface area contributed by atoms with E-state index in [1.54, 1.807) is 0 Å². The number of anilines is 1. The van der Waals surface area contributed by atoms with Gasteiger partial charge in [-0.25, -0.2) is 13.2 Å². The van der Waals surface area contributed by atoms with E-state index in [0.29, 0.717) is 17.8 Å². The second kappa shape index (κ2) is 6.55. The molecule has 23 heavy (non-hydrogen) atoms. The quantitative estimate of drug-likeness (QED) is 0.254. The van der Waals surface area contributed by atoms with E-state index in [2.05, 4.69) is 0 Å². The van der Waals surface area contributed by atoms with Crippen LogP contribution in [0.1, 0.15) is 0 Å². The summed E-state index contributed by atoms with van der Waals surface area (Å²) >= 11 is 6.24. The number of carboxylic acids is 2. The third-order valence-electron chi connectivity index (χ3n) is 2.81. The van der Waals surface area contributed by atoms with Crippen molar-refractivity contribution in [3.8, 4) is 0 Å². The SMILES string of the molecule is O=C([O-])C(C(=O)[O-])=C1SC=C(CCl)N1c1ccc(F)c(F)c1F. The zero-order valence-electron chi connectivity index (χ0n) is 10.9. The van der Waals surface area contributed by atoms with Crippen LogP contribution < -0.4 is 15.1 Å². The number of nitrogens with zero attached hydrogens (tertiary/aromatic N) is 1. The topological polar surface area (TPSA) is 83.5 Å². The molecule has 0 spiro atoms. The number of alkyl halides is 1. The second-order valence-corrected chi connectivity index (χ2v) is 5.27. The number of thioether (sulfide) groups is 1. The van der Waals surface area contributed by atoms with E-state index in [1.165, 1.54) is 5.41 Å². The molecule has 122 valence electrons. The minimum Gasteiger partial charge on any atom is -0.545 e. The third-order valence-corrected chi connectivity index (χ3v) is 4.09. The first-order valence-electron chi connectivity index (χ1n) is 5.81. The first kappa shape index (κ1) is 17.2. The number of aliphatic carboxylic acids is 2. The van der Waals surface area contributed by atoms with E-state index in [9.17, 15) is 33.0 Å². The summed E-state index contributed by atoms with van der Waals surface area (Å²) < 4.78 is 40.4. The largest absolute Gasteiger partial charge is 0.545 e. The van der Waals surface area contributed by atoms with Crippen molar-refractivity contribution >= 4 is 41.0 Å². The number of carbonyl (C=O) groups is 2. The zero-order chi connectivity index (χ0) is 17.3. The van der Waals surface area contributed by atoms with Crippen LogP contribution in [0, 0.1) is 17.5 Å². The lowest BCUT2D eigenvalue weighted by molar-refractivity contribution is -0.312. The molecule has 0 N–H and O–H groups in total. The van der Waals surface area contributed by atoms with E-state index in [4.69, 9.17) is 11.6 Å². The Morgan fingerprint density at radius 1 is 1.13 bits per heavy atom. The van der Waals surface area contributed by atoms with E-state index < -0.39 is 45.7 Å². The molecular weight excluding hydrogens is 359 g/mol. The number of hydrogen-bond acceptors (Lipinski definition) is 6. The van der Waals surface area contributed by atoms with Gasteiger partial charge in [-0.1, -0.05) is 11.8 Å². The fourth-order valence-corrected chi connectivity index (χ4v) is 3.16. The summed E-state index contributed by atoms with van der Waals surface area (Å²) in [6.07, 6.45) is 0. The van der Waals surface area contributed by atoms with E-state index >= 15 is 0 Å². The lowest BCUT2D eigenvalue weighted by Gasteiger charge is -2.26. The molecule has 0 aliphatic carbocycles. The molecule has 2 rings (SSSR count). The highest BCUT2D eigenvalue weighted by molar-refractivity contribution is 8.06. The van der Waals surface area contributed by atoms with Crippen LogP contribution in [0.3, 0.4) is 0 Å². The number of carboxylic acid groups (broad SMARTS) is 2. The Hall–Kier alpha value is -2.13. The summed E-state index contributed by atoms with van der Waals surface area (Å²) in [4.78, 5) is 22.7. The number of allylic oxidation sites excluding steroid dienone is 1. The Bertz CT molecular complexity index is 750. The zero-order valence-corrected chi connectivity index (χ0v) is 12.5. The summed E-state index contributed by atoms with van der Waals surface area (Å²) in [6.45, 7) is 0. The van der Waals surface area contributed by atoms with E-state index in [1.807, 2.05) is 0 Å². The molecule has 0 unspecified atom stereocenters. The molecule has 0 radical (unpaired) electrons. The third kappa shape index (κ3) is 3.02. The molecule has 0 saturated heterocycles. The minimum atomic E-state index is -2.08. The Labute approximate surface area is 136 Å². The highest BCUT2D eigenvalue weighted by atomic mass is 35.5. The van der Waals surface area contributed by atoms with Gasteiger partial charge in [-0.3, -0.25) is 0 Å². The van der Waals surface area contributed by atoms with Gasteiger partial charge in [0, 0.05) is 5.70 Å². The molecular formula is C13H5ClF3NO4S-2. The molecule has 0 fully saturated rings. The maximum absolute atomic E-state index is 14.0. The van der Waals surface area contributed by atoms with Gasteiger partial charge < -0.3 is 24.7 Å². The predicted octanol–water partition coefficient (Wildman–Crippen LogP) is 0.449. The second-order valence-electron chi connectivity index (χ2n) is 4.15. The number of carbonyl (C=O) groups excluding carboxylic acids is 2. The maximum Gasteiger partial charge on any atom is 0.196 e. The molecule has 1 aliphatic heterocycles. The van der Waals surface area contributed by atoms with Crippen LogP contribution >= 0.6 is 23.4 Å². The molecule has 10 heteroatoms. The van der Waals surface area contributed by atoms with Crippen LogP contribution in [0.4, 0.5) is 18.9 Å². The highest BCUT2D eigenvalue weighted by Gasteiger charge is 2.30. The Morgan fingerprint density at radius 2 is 1.74 bits per heavy atom. The number of benzene rings is 1. The summed E-state index contributed by atoms with van der Waals surface area (Å²) in [5, 5.41) is 22.7. The van der Waals surface area contributed by atoms with Crippen LogP contribution in [-0.4, -0.2) is 17.8 Å². The van der Waals surface area contributed by atoms with Crippen molar-refractivity contribution < 1.29 is 33.0 Å². The molecule has 1 aliphatic rings. The van der Waals surface area contributed by atoms with Crippen molar-refractivity contribution in [3.05, 3.63) is 51.3 Å². The van der Waals surface area contributed by atoms with Crippen LogP contribution in [0.15, 0.2) is 33.8 Å². The van der Waals surface area contributed by atoms with Gasteiger partial charge in [0.05, 0.1) is 34.1 Å². The first-order valence-corrected chi connectivity index (χ1v) is 7.23. The number of halogens is 4. The monoisotopic (exact) mass is 363 g/mol. The van der Waals surface area contributed by atoms with Gasteiger partial charge in [0.2, 0.25) is 0 Å². The molecule has 1 aromatic rings. The van der Waals surface area contributed by atoms with Crippen molar-refractivity contribution in [2.75, 3.05) is 10.8 Å². The number of hydrogen-bond donors (Lipinski definition) is 0. The molecule has 0 amide bonds. The summed E-state index contributed by atoms with van der Waals surface area (Å²) in [6, 6.07) is 1.43. The molecule has 0 aromatic heterocycles. The van der Waals surface area contributed by atoms with Gasteiger partial charge in [0.1, 0.15) is 0 Å². The van der Waals surface area contributed by atoms with Crippen molar-refractivity contribution in [3.63, 3.8) is 0 Å². The molecule has 1 aromatic carbocycles. The standard InChI is InChI=1S/C13H7ClF3NO4S/c14-3-5-4-23-11(8(12(19)20)13(21)22)18(5)7-2-1-6(15)9(16)10(7)17/h1-2,4H,3H2,(H,19,20)(H,21,22)/p-2. The fourth-order valence-electron chi connectivity index (χ4n) is 1.83. The van der Waals surface area contributed by atoms with E-state index in [-0.39, 0.29) is 11.6 Å². The molecule has 0 bridgehead atoms. The van der Waals surface area contributed by atoms with Gasteiger partial charge in [-0.05, 0) is 17.5 Å². The van der Waals surface area contributed by atoms with Crippen molar-refractivity contribution in [2.45, 2.75) is 0 Å². The number of rotatable bonds is 4. The lowest BCUT2D eigenvalue weighted by atomic mass is 10.2. The smallest absolute Gasteiger partial charge is 0.196 e. The van der Waals surface area contributed by atoms with Gasteiger partial charge in [0.25, 0.3) is 0 Å².